The number of nitro groups is 1. The number of carbonyl (C=O) groups is 1. The van der Waals surface area contributed by atoms with Crippen LogP contribution in [0.25, 0.3) is 0 Å². The molecule has 0 fully saturated rings. The number of rotatable bonds is 7. The van der Waals surface area contributed by atoms with Crippen LogP contribution in [-0.2, 0) is 4.79 Å². The number of anilines is 1. The highest BCUT2D eigenvalue weighted by atomic mass is 35.5. The topological polar surface area (TPSA) is 90.7 Å². The Kier molecular flexibility index (Phi) is 5.97. The molecule has 7 nitrogen and oxygen atoms in total. The monoisotopic (exact) mass is 350 g/mol. The third-order valence-electron chi connectivity index (χ3n) is 2.93. The molecule has 0 aromatic heterocycles. The van der Waals surface area contributed by atoms with Crippen LogP contribution in [0.15, 0.2) is 42.5 Å². The Bertz CT molecular complexity index is 734. The molecule has 0 unspecified atom stereocenters. The highest BCUT2D eigenvalue weighted by Crippen LogP contribution is 2.28. The van der Waals surface area contributed by atoms with Gasteiger partial charge in [0.1, 0.15) is 11.5 Å². The molecule has 0 saturated heterocycles. The summed E-state index contributed by atoms with van der Waals surface area (Å²) in [6.07, 6.45) is 0. The van der Waals surface area contributed by atoms with E-state index >= 15 is 0 Å². The highest BCUT2D eigenvalue weighted by molar-refractivity contribution is 6.32. The summed E-state index contributed by atoms with van der Waals surface area (Å²) in [6.45, 7) is 2.18. The molecule has 0 heterocycles. The third-order valence-corrected chi connectivity index (χ3v) is 3.23. The molecular formula is C16H15ClN2O5. The number of nitro benzene ring substituents is 1. The van der Waals surface area contributed by atoms with Gasteiger partial charge in [0.05, 0.1) is 16.6 Å². The second-order valence-corrected chi connectivity index (χ2v) is 5.07. The number of hydrogen-bond donors (Lipinski definition) is 1. The van der Waals surface area contributed by atoms with Crippen molar-refractivity contribution in [2.75, 3.05) is 18.5 Å². The summed E-state index contributed by atoms with van der Waals surface area (Å²) in [5.74, 6) is 0.530. The van der Waals surface area contributed by atoms with E-state index in [4.69, 9.17) is 21.1 Å². The summed E-state index contributed by atoms with van der Waals surface area (Å²) >= 11 is 5.89. The van der Waals surface area contributed by atoms with Gasteiger partial charge in [0.15, 0.2) is 6.61 Å². The first-order valence-corrected chi connectivity index (χ1v) is 7.47. The van der Waals surface area contributed by atoms with Crippen molar-refractivity contribution >= 4 is 28.9 Å². The van der Waals surface area contributed by atoms with Crippen molar-refractivity contribution in [3.63, 3.8) is 0 Å². The number of carbonyl (C=O) groups excluding carboxylic acids is 1. The van der Waals surface area contributed by atoms with Crippen LogP contribution in [0.5, 0.6) is 11.5 Å². The van der Waals surface area contributed by atoms with Gasteiger partial charge < -0.3 is 14.8 Å². The summed E-state index contributed by atoms with van der Waals surface area (Å²) in [5.41, 5.74) is 0.452. The van der Waals surface area contributed by atoms with Crippen LogP contribution in [0.3, 0.4) is 0 Å². The number of nitrogens with zero attached hydrogens (tertiary/aromatic N) is 1. The molecule has 0 aliphatic carbocycles. The summed E-state index contributed by atoms with van der Waals surface area (Å²) < 4.78 is 10.6. The van der Waals surface area contributed by atoms with Crippen molar-refractivity contribution in [3.8, 4) is 11.5 Å². The average Bonchev–Trinajstić information content (AvgIpc) is 2.55. The first-order chi connectivity index (χ1) is 11.5. The zero-order valence-corrected chi connectivity index (χ0v) is 13.6. The fourth-order valence-electron chi connectivity index (χ4n) is 1.86. The van der Waals surface area contributed by atoms with E-state index < -0.39 is 4.92 Å². The summed E-state index contributed by atoms with van der Waals surface area (Å²) in [6, 6.07) is 10.7. The molecule has 126 valence electrons. The fourth-order valence-corrected chi connectivity index (χ4v) is 2.09. The molecule has 0 aliphatic rings. The maximum Gasteiger partial charge on any atom is 0.271 e. The average molecular weight is 351 g/mol. The molecular weight excluding hydrogens is 336 g/mol. The number of nitrogens with one attached hydrogen (secondary N) is 1. The standard InChI is InChI=1S/C16H15ClN2O5/c1-2-23-13-6-3-11(4-7-13)18-16(20)10-24-15-8-5-12(19(21)22)9-14(15)17/h3-9H,2,10H2,1H3,(H,18,20). The van der Waals surface area contributed by atoms with E-state index in [1.165, 1.54) is 18.2 Å². The zero-order valence-electron chi connectivity index (χ0n) is 12.8. The Morgan fingerprint density at radius 2 is 1.92 bits per heavy atom. The van der Waals surface area contributed by atoms with E-state index in [1.807, 2.05) is 6.92 Å². The molecule has 0 radical (unpaired) electrons. The molecule has 1 N–H and O–H groups in total. The molecule has 0 spiro atoms. The maximum absolute atomic E-state index is 11.9. The van der Waals surface area contributed by atoms with Crippen molar-refractivity contribution in [3.05, 3.63) is 57.6 Å². The predicted octanol–water partition coefficient (Wildman–Crippen LogP) is 3.66. The summed E-state index contributed by atoms with van der Waals surface area (Å²) in [7, 11) is 0. The Labute approximate surface area is 143 Å². The number of non-ortho nitro benzene ring substituents is 1. The van der Waals surface area contributed by atoms with Crippen molar-refractivity contribution < 1.29 is 19.2 Å². The highest BCUT2D eigenvalue weighted by Gasteiger charge is 2.11. The van der Waals surface area contributed by atoms with Gasteiger partial charge >= 0.3 is 0 Å². The zero-order chi connectivity index (χ0) is 17.5. The van der Waals surface area contributed by atoms with E-state index in [0.717, 1.165) is 0 Å². The molecule has 2 aromatic carbocycles. The SMILES string of the molecule is CCOc1ccc(NC(=O)COc2ccc([N+](=O)[O-])cc2Cl)cc1. The van der Waals surface area contributed by atoms with Gasteiger partial charge in [-0.2, -0.15) is 0 Å². The van der Waals surface area contributed by atoms with Crippen LogP contribution in [0.4, 0.5) is 11.4 Å². The number of halogens is 1. The van der Waals surface area contributed by atoms with E-state index in [2.05, 4.69) is 5.32 Å². The quantitative estimate of drug-likeness (QED) is 0.607. The van der Waals surface area contributed by atoms with Crippen LogP contribution >= 0.6 is 11.6 Å². The van der Waals surface area contributed by atoms with Gasteiger partial charge in [-0.25, -0.2) is 0 Å². The van der Waals surface area contributed by atoms with Crippen molar-refractivity contribution in [1.29, 1.82) is 0 Å². The van der Waals surface area contributed by atoms with E-state index in [-0.39, 0.29) is 29.0 Å². The normalized spacial score (nSPS) is 10.1. The Balaban J connectivity index is 1.90. The van der Waals surface area contributed by atoms with Gasteiger partial charge in [0.2, 0.25) is 0 Å². The van der Waals surface area contributed by atoms with Crippen LogP contribution in [0, 0.1) is 10.1 Å². The smallest absolute Gasteiger partial charge is 0.271 e. The summed E-state index contributed by atoms with van der Waals surface area (Å²) in [4.78, 5) is 21.9. The number of hydrogen-bond acceptors (Lipinski definition) is 5. The van der Waals surface area contributed by atoms with Crippen LogP contribution in [-0.4, -0.2) is 24.0 Å². The molecule has 0 atom stereocenters. The third kappa shape index (κ3) is 4.85. The number of benzene rings is 2. The van der Waals surface area contributed by atoms with E-state index in [0.29, 0.717) is 18.0 Å². The lowest BCUT2D eigenvalue weighted by atomic mass is 10.3. The van der Waals surface area contributed by atoms with Gasteiger partial charge in [-0.05, 0) is 37.3 Å². The fraction of sp³-hybridized carbons (Fsp3) is 0.188. The van der Waals surface area contributed by atoms with Crippen molar-refractivity contribution in [2.45, 2.75) is 6.92 Å². The van der Waals surface area contributed by atoms with Crippen molar-refractivity contribution in [2.24, 2.45) is 0 Å². The van der Waals surface area contributed by atoms with Gasteiger partial charge in [-0.1, -0.05) is 11.6 Å². The maximum atomic E-state index is 11.9. The first kappa shape index (κ1) is 17.6. The second-order valence-electron chi connectivity index (χ2n) is 4.67. The minimum absolute atomic E-state index is 0.0677. The van der Waals surface area contributed by atoms with Crippen molar-refractivity contribution in [1.82, 2.24) is 0 Å². The lowest BCUT2D eigenvalue weighted by molar-refractivity contribution is -0.384. The first-order valence-electron chi connectivity index (χ1n) is 7.09. The molecule has 24 heavy (non-hydrogen) atoms. The minimum Gasteiger partial charge on any atom is -0.494 e. The molecule has 0 saturated carbocycles. The second kappa shape index (κ2) is 8.16. The van der Waals surface area contributed by atoms with Gasteiger partial charge in [0, 0.05) is 17.8 Å². The Hall–Kier alpha value is -2.80. The lowest BCUT2D eigenvalue weighted by Gasteiger charge is -2.09. The predicted molar refractivity (Wildman–Crippen MR) is 89.8 cm³/mol. The molecule has 8 heteroatoms. The van der Waals surface area contributed by atoms with Crippen LogP contribution in [0.1, 0.15) is 6.92 Å². The Morgan fingerprint density at radius 1 is 1.21 bits per heavy atom. The van der Waals surface area contributed by atoms with Gasteiger partial charge in [-0.3, -0.25) is 14.9 Å². The van der Waals surface area contributed by atoms with Crippen LogP contribution < -0.4 is 14.8 Å². The number of ether oxygens (including phenoxy) is 2. The molecule has 2 rings (SSSR count). The minimum atomic E-state index is -0.561. The summed E-state index contributed by atoms with van der Waals surface area (Å²) in [5, 5.41) is 13.4. The molecule has 0 bridgehead atoms. The van der Waals surface area contributed by atoms with Gasteiger partial charge in [-0.15, -0.1) is 0 Å². The molecule has 1 amide bonds. The van der Waals surface area contributed by atoms with Crippen LogP contribution in [0.2, 0.25) is 5.02 Å². The van der Waals surface area contributed by atoms with E-state index in [9.17, 15) is 14.9 Å². The molecule has 2 aromatic rings. The molecule has 0 aliphatic heterocycles. The van der Waals surface area contributed by atoms with Gasteiger partial charge in [0.25, 0.3) is 11.6 Å². The Morgan fingerprint density at radius 3 is 2.50 bits per heavy atom. The van der Waals surface area contributed by atoms with E-state index in [1.54, 1.807) is 24.3 Å². The largest absolute Gasteiger partial charge is 0.494 e. The number of amides is 1. The lowest BCUT2D eigenvalue weighted by Crippen LogP contribution is -2.20.